The maximum Gasteiger partial charge on any atom is 0.191 e. The third-order valence-corrected chi connectivity index (χ3v) is 4.41. The van der Waals surface area contributed by atoms with Gasteiger partial charge in [-0.3, -0.25) is 9.89 Å². The lowest BCUT2D eigenvalue weighted by molar-refractivity contribution is -0.0284. The summed E-state index contributed by atoms with van der Waals surface area (Å²) in [4.78, 5) is 6.80. The molecular weight excluding hydrogens is 443 g/mol. The number of aliphatic imine (C=N–C) groups is 1. The Bertz CT molecular complexity index is 381. The lowest BCUT2D eigenvalue weighted by atomic mass is 10.0. The van der Waals surface area contributed by atoms with Crippen LogP contribution in [0.15, 0.2) is 4.99 Å². The Balaban J connectivity index is 0.00000625. The first kappa shape index (κ1) is 25.9. The number of nitrogens with zero attached hydrogens (tertiary/aromatic N) is 2. The smallest absolute Gasteiger partial charge is 0.191 e. The Labute approximate surface area is 177 Å². The number of morpholine rings is 1. The summed E-state index contributed by atoms with van der Waals surface area (Å²) in [6.45, 7) is 17.4. The molecule has 0 aromatic carbocycles. The molecule has 1 saturated heterocycles. The lowest BCUT2D eigenvalue weighted by Gasteiger charge is -2.34. The minimum atomic E-state index is 0. The monoisotopic (exact) mass is 484 g/mol. The van der Waals surface area contributed by atoms with Gasteiger partial charge in [0.25, 0.3) is 0 Å². The van der Waals surface area contributed by atoms with E-state index in [0.29, 0.717) is 17.9 Å². The number of hydrogen-bond donors (Lipinski definition) is 2. The van der Waals surface area contributed by atoms with E-state index in [4.69, 9.17) is 9.47 Å². The van der Waals surface area contributed by atoms with Crippen LogP contribution in [-0.2, 0) is 9.47 Å². The highest BCUT2D eigenvalue weighted by Crippen LogP contribution is 2.10. The molecule has 26 heavy (non-hydrogen) atoms. The van der Waals surface area contributed by atoms with Crippen molar-refractivity contribution in [2.45, 2.75) is 53.2 Å². The Morgan fingerprint density at radius 2 is 2.00 bits per heavy atom. The maximum absolute atomic E-state index is 5.88. The number of halogens is 1. The quantitative estimate of drug-likeness (QED) is 0.284. The van der Waals surface area contributed by atoms with Crippen LogP contribution in [0.2, 0.25) is 0 Å². The average Bonchev–Trinajstić information content (AvgIpc) is 2.56. The largest absolute Gasteiger partial charge is 0.378 e. The van der Waals surface area contributed by atoms with Crippen LogP contribution >= 0.6 is 24.0 Å². The van der Waals surface area contributed by atoms with E-state index in [0.717, 1.165) is 58.3 Å². The average molecular weight is 484 g/mol. The molecule has 0 amide bonds. The molecule has 0 bridgehead atoms. The summed E-state index contributed by atoms with van der Waals surface area (Å²) in [5.41, 5.74) is 0. The van der Waals surface area contributed by atoms with E-state index in [1.54, 1.807) is 0 Å². The van der Waals surface area contributed by atoms with Gasteiger partial charge in [-0.25, -0.2) is 0 Å². The van der Waals surface area contributed by atoms with Gasteiger partial charge in [0.2, 0.25) is 0 Å². The summed E-state index contributed by atoms with van der Waals surface area (Å²) in [5.74, 6) is 2.06. The van der Waals surface area contributed by atoms with Crippen LogP contribution in [0.1, 0.15) is 41.0 Å². The van der Waals surface area contributed by atoms with Gasteiger partial charge in [-0.05, 0) is 25.2 Å². The van der Waals surface area contributed by atoms with Crippen molar-refractivity contribution in [2.75, 3.05) is 53.0 Å². The van der Waals surface area contributed by atoms with Gasteiger partial charge in [-0.2, -0.15) is 0 Å². The van der Waals surface area contributed by atoms with Crippen molar-refractivity contribution in [3.05, 3.63) is 0 Å². The van der Waals surface area contributed by atoms with E-state index in [-0.39, 0.29) is 30.1 Å². The Hall–Kier alpha value is -0.120. The molecule has 0 spiro atoms. The van der Waals surface area contributed by atoms with E-state index in [1.807, 2.05) is 7.05 Å². The van der Waals surface area contributed by atoms with Crippen LogP contribution in [0, 0.1) is 11.8 Å². The Morgan fingerprint density at radius 1 is 1.27 bits per heavy atom. The first-order chi connectivity index (χ1) is 12.0. The van der Waals surface area contributed by atoms with Crippen molar-refractivity contribution < 1.29 is 9.47 Å². The highest BCUT2D eigenvalue weighted by Gasteiger charge is 2.21. The summed E-state index contributed by atoms with van der Waals surface area (Å²) >= 11 is 0. The van der Waals surface area contributed by atoms with E-state index in [2.05, 4.69) is 55.1 Å². The number of ether oxygens (including phenoxy) is 2. The molecular formula is C19H41IN4O2. The number of nitrogens with one attached hydrogen (secondary N) is 2. The summed E-state index contributed by atoms with van der Waals surface area (Å²) < 4.78 is 11.7. The summed E-state index contributed by atoms with van der Waals surface area (Å²) in [7, 11) is 1.81. The SMILES string of the molecule is CCOC(CCNC(=NC)NCC1CN(CC(C)C)CCO1)C(C)C.I. The molecule has 0 saturated carbocycles. The predicted molar refractivity (Wildman–Crippen MR) is 121 cm³/mol. The molecule has 1 aliphatic rings. The highest BCUT2D eigenvalue weighted by molar-refractivity contribution is 14.0. The van der Waals surface area contributed by atoms with Crippen molar-refractivity contribution in [3.63, 3.8) is 0 Å². The maximum atomic E-state index is 5.88. The molecule has 0 aliphatic carbocycles. The molecule has 1 fully saturated rings. The second-order valence-corrected chi connectivity index (χ2v) is 7.55. The first-order valence-electron chi connectivity index (χ1n) is 9.86. The standard InChI is InChI=1S/C19H40N4O2.HI/c1-7-24-18(16(4)5)8-9-21-19(20-6)22-12-17-14-23(10-11-25-17)13-15(2)3;/h15-18H,7-14H2,1-6H3,(H2,20,21,22);1H. The molecule has 0 aromatic rings. The van der Waals surface area contributed by atoms with E-state index in [9.17, 15) is 0 Å². The van der Waals surface area contributed by atoms with Crippen molar-refractivity contribution in [1.82, 2.24) is 15.5 Å². The molecule has 0 aromatic heterocycles. The van der Waals surface area contributed by atoms with Crippen LogP contribution in [0.4, 0.5) is 0 Å². The van der Waals surface area contributed by atoms with Gasteiger partial charge in [0, 0.05) is 46.4 Å². The molecule has 1 aliphatic heterocycles. The van der Waals surface area contributed by atoms with Crippen LogP contribution < -0.4 is 10.6 Å². The minimum absolute atomic E-state index is 0. The molecule has 7 heteroatoms. The van der Waals surface area contributed by atoms with Gasteiger partial charge in [0.1, 0.15) is 0 Å². The second-order valence-electron chi connectivity index (χ2n) is 7.55. The third kappa shape index (κ3) is 10.9. The molecule has 2 atom stereocenters. The summed E-state index contributed by atoms with van der Waals surface area (Å²) in [6.07, 6.45) is 1.49. The summed E-state index contributed by atoms with van der Waals surface area (Å²) in [5, 5.41) is 6.78. The third-order valence-electron chi connectivity index (χ3n) is 4.41. The van der Waals surface area contributed by atoms with E-state index < -0.39 is 0 Å². The van der Waals surface area contributed by atoms with E-state index >= 15 is 0 Å². The molecule has 0 radical (unpaired) electrons. The van der Waals surface area contributed by atoms with Crippen molar-refractivity contribution in [1.29, 1.82) is 0 Å². The number of hydrogen-bond acceptors (Lipinski definition) is 4. The fraction of sp³-hybridized carbons (Fsp3) is 0.947. The minimum Gasteiger partial charge on any atom is -0.378 e. The van der Waals surface area contributed by atoms with Crippen molar-refractivity contribution >= 4 is 29.9 Å². The highest BCUT2D eigenvalue weighted by atomic mass is 127. The summed E-state index contributed by atoms with van der Waals surface area (Å²) in [6, 6.07) is 0. The predicted octanol–water partition coefficient (Wildman–Crippen LogP) is 2.58. The molecule has 2 N–H and O–H groups in total. The van der Waals surface area contributed by atoms with Gasteiger partial charge < -0.3 is 20.1 Å². The zero-order valence-corrected chi connectivity index (χ0v) is 19.9. The van der Waals surface area contributed by atoms with E-state index in [1.165, 1.54) is 0 Å². The molecule has 2 unspecified atom stereocenters. The van der Waals surface area contributed by atoms with Gasteiger partial charge in [-0.15, -0.1) is 24.0 Å². The number of guanidine groups is 1. The fourth-order valence-electron chi connectivity index (χ4n) is 3.17. The van der Waals surface area contributed by atoms with Gasteiger partial charge in [0.15, 0.2) is 5.96 Å². The molecule has 1 heterocycles. The van der Waals surface area contributed by atoms with Crippen LogP contribution in [0.3, 0.4) is 0 Å². The van der Waals surface area contributed by atoms with Crippen molar-refractivity contribution in [2.24, 2.45) is 16.8 Å². The zero-order valence-electron chi connectivity index (χ0n) is 17.6. The second kappa shape index (κ2) is 14.9. The first-order valence-corrected chi connectivity index (χ1v) is 9.86. The topological polar surface area (TPSA) is 58.1 Å². The van der Waals surface area contributed by atoms with Gasteiger partial charge >= 0.3 is 0 Å². The van der Waals surface area contributed by atoms with Gasteiger partial charge in [-0.1, -0.05) is 27.7 Å². The Kier molecular flexibility index (Phi) is 14.8. The van der Waals surface area contributed by atoms with Crippen LogP contribution in [0.5, 0.6) is 0 Å². The van der Waals surface area contributed by atoms with Crippen LogP contribution in [-0.4, -0.2) is 76.1 Å². The Morgan fingerprint density at radius 3 is 2.58 bits per heavy atom. The normalized spacial score (nSPS) is 20.2. The molecule has 1 rings (SSSR count). The lowest BCUT2D eigenvalue weighted by Crippen LogP contribution is -2.50. The van der Waals surface area contributed by atoms with Crippen molar-refractivity contribution in [3.8, 4) is 0 Å². The number of rotatable bonds is 10. The molecule has 156 valence electrons. The van der Waals surface area contributed by atoms with Gasteiger partial charge in [0.05, 0.1) is 18.8 Å². The van der Waals surface area contributed by atoms with Crippen LogP contribution in [0.25, 0.3) is 0 Å². The molecule has 6 nitrogen and oxygen atoms in total. The fourth-order valence-corrected chi connectivity index (χ4v) is 3.17. The zero-order chi connectivity index (χ0) is 18.7.